The molecule has 1 aromatic carbocycles. The van der Waals surface area contributed by atoms with Crippen LogP contribution in [0.25, 0.3) is 11.0 Å². The van der Waals surface area contributed by atoms with Gasteiger partial charge in [0.25, 0.3) is 0 Å². The van der Waals surface area contributed by atoms with E-state index in [-0.39, 0.29) is 6.04 Å². The molecule has 104 valence electrons. The molecule has 2 rings (SSSR count). The number of furan rings is 1. The van der Waals surface area contributed by atoms with Crippen molar-refractivity contribution >= 4 is 34.3 Å². The number of benzene rings is 1. The van der Waals surface area contributed by atoms with Gasteiger partial charge in [-0.05, 0) is 43.0 Å². The summed E-state index contributed by atoms with van der Waals surface area (Å²) in [6, 6.07) is 8.12. The maximum absolute atomic E-state index is 6.01. The monoisotopic (exact) mass is 297 g/mol. The predicted molar refractivity (Wildman–Crippen MR) is 85.3 cm³/mol. The highest BCUT2D eigenvalue weighted by Crippen LogP contribution is 2.28. The maximum atomic E-state index is 6.01. The minimum absolute atomic E-state index is 0.271. The standard InChI is InChI=1S/C15H20ClNOS/c1-3-7-19-10-13(17-4-2)15-9-11-8-12(16)5-6-14(11)18-15/h5-6,8-9,13,17H,3-4,7,10H2,1-2H3. The van der Waals surface area contributed by atoms with Crippen LogP contribution in [0.1, 0.15) is 32.1 Å². The average Bonchev–Trinajstić information content (AvgIpc) is 2.80. The molecule has 0 spiro atoms. The van der Waals surface area contributed by atoms with Gasteiger partial charge < -0.3 is 9.73 Å². The fourth-order valence-corrected chi connectivity index (χ4v) is 3.19. The Morgan fingerprint density at radius 1 is 1.32 bits per heavy atom. The molecule has 0 fully saturated rings. The smallest absolute Gasteiger partial charge is 0.134 e. The van der Waals surface area contributed by atoms with E-state index in [0.29, 0.717) is 0 Å². The van der Waals surface area contributed by atoms with Crippen LogP contribution < -0.4 is 5.32 Å². The summed E-state index contributed by atoms with van der Waals surface area (Å²) in [6.07, 6.45) is 1.21. The van der Waals surface area contributed by atoms with E-state index in [2.05, 4.69) is 25.2 Å². The molecular formula is C15H20ClNOS. The normalized spacial score (nSPS) is 13.0. The van der Waals surface area contributed by atoms with E-state index in [9.17, 15) is 0 Å². The highest BCUT2D eigenvalue weighted by atomic mass is 35.5. The van der Waals surface area contributed by atoms with E-state index in [4.69, 9.17) is 16.0 Å². The van der Waals surface area contributed by atoms with Crippen LogP contribution in [0.15, 0.2) is 28.7 Å². The van der Waals surface area contributed by atoms with Gasteiger partial charge >= 0.3 is 0 Å². The Bertz CT molecular complexity index is 526. The second kappa shape index (κ2) is 7.22. The van der Waals surface area contributed by atoms with Gasteiger partial charge in [0.15, 0.2) is 0 Å². The first-order chi connectivity index (χ1) is 9.24. The summed E-state index contributed by atoms with van der Waals surface area (Å²) in [5, 5.41) is 5.31. The molecule has 2 aromatic rings. The van der Waals surface area contributed by atoms with E-state index >= 15 is 0 Å². The lowest BCUT2D eigenvalue weighted by Gasteiger charge is -2.14. The first kappa shape index (κ1) is 14.8. The SMILES string of the molecule is CCCSCC(NCC)c1cc2cc(Cl)ccc2o1. The van der Waals surface area contributed by atoms with Crippen molar-refractivity contribution in [1.29, 1.82) is 0 Å². The fraction of sp³-hybridized carbons (Fsp3) is 0.467. The van der Waals surface area contributed by atoms with Crippen LogP contribution in [0.5, 0.6) is 0 Å². The van der Waals surface area contributed by atoms with Crippen LogP contribution in [0.2, 0.25) is 5.02 Å². The number of hydrogen-bond acceptors (Lipinski definition) is 3. The van der Waals surface area contributed by atoms with E-state index in [1.165, 1.54) is 12.2 Å². The average molecular weight is 298 g/mol. The summed E-state index contributed by atoms with van der Waals surface area (Å²) in [5.41, 5.74) is 0.905. The van der Waals surface area contributed by atoms with Crippen molar-refractivity contribution < 1.29 is 4.42 Å². The molecule has 1 unspecified atom stereocenters. The van der Waals surface area contributed by atoms with Crippen molar-refractivity contribution in [3.05, 3.63) is 35.0 Å². The highest BCUT2D eigenvalue weighted by molar-refractivity contribution is 7.99. The molecule has 19 heavy (non-hydrogen) atoms. The molecule has 2 nitrogen and oxygen atoms in total. The summed E-state index contributed by atoms with van der Waals surface area (Å²) in [4.78, 5) is 0. The van der Waals surface area contributed by atoms with Gasteiger partial charge in [-0.2, -0.15) is 11.8 Å². The quantitative estimate of drug-likeness (QED) is 0.737. The molecule has 0 saturated carbocycles. The zero-order chi connectivity index (χ0) is 13.7. The van der Waals surface area contributed by atoms with Crippen LogP contribution in [0, 0.1) is 0 Å². The molecule has 0 amide bonds. The Balaban J connectivity index is 2.17. The van der Waals surface area contributed by atoms with Gasteiger partial charge in [-0.15, -0.1) is 0 Å². The Kier molecular flexibility index (Phi) is 5.61. The lowest BCUT2D eigenvalue weighted by molar-refractivity contribution is 0.464. The van der Waals surface area contributed by atoms with E-state index < -0.39 is 0 Å². The second-order valence-electron chi connectivity index (χ2n) is 4.52. The van der Waals surface area contributed by atoms with E-state index in [0.717, 1.165) is 34.0 Å². The van der Waals surface area contributed by atoms with Gasteiger partial charge in [0.1, 0.15) is 11.3 Å². The van der Waals surface area contributed by atoms with E-state index in [1.54, 1.807) is 0 Å². The third-order valence-electron chi connectivity index (χ3n) is 2.92. The molecule has 0 radical (unpaired) electrons. The summed E-state index contributed by atoms with van der Waals surface area (Å²) in [6.45, 7) is 5.27. The minimum Gasteiger partial charge on any atom is -0.459 e. The van der Waals surface area contributed by atoms with Crippen molar-refractivity contribution in [3.63, 3.8) is 0 Å². The number of nitrogens with one attached hydrogen (secondary N) is 1. The molecule has 0 aliphatic rings. The van der Waals surface area contributed by atoms with Crippen molar-refractivity contribution in [3.8, 4) is 0 Å². The van der Waals surface area contributed by atoms with Crippen molar-refractivity contribution in [1.82, 2.24) is 5.32 Å². The zero-order valence-corrected chi connectivity index (χ0v) is 13.0. The predicted octanol–water partition coefficient (Wildman–Crippen LogP) is 4.88. The largest absolute Gasteiger partial charge is 0.459 e. The van der Waals surface area contributed by atoms with Crippen molar-refractivity contribution in [2.75, 3.05) is 18.1 Å². The molecule has 0 aliphatic carbocycles. The zero-order valence-electron chi connectivity index (χ0n) is 11.4. The Morgan fingerprint density at radius 2 is 2.16 bits per heavy atom. The van der Waals surface area contributed by atoms with E-state index in [1.807, 2.05) is 30.0 Å². The van der Waals surface area contributed by atoms with Crippen LogP contribution in [-0.2, 0) is 0 Å². The number of hydrogen-bond donors (Lipinski definition) is 1. The minimum atomic E-state index is 0.271. The third kappa shape index (κ3) is 3.91. The summed E-state index contributed by atoms with van der Waals surface area (Å²) >= 11 is 7.97. The van der Waals surface area contributed by atoms with Gasteiger partial charge in [0.2, 0.25) is 0 Å². The van der Waals surface area contributed by atoms with Crippen LogP contribution in [0.3, 0.4) is 0 Å². The number of thioether (sulfide) groups is 1. The molecule has 1 heterocycles. The molecule has 1 N–H and O–H groups in total. The number of halogens is 1. The summed E-state index contributed by atoms with van der Waals surface area (Å²) < 4.78 is 5.93. The Hall–Kier alpha value is -0.640. The van der Waals surface area contributed by atoms with Crippen molar-refractivity contribution in [2.45, 2.75) is 26.3 Å². The number of fused-ring (bicyclic) bond motifs is 1. The first-order valence-corrected chi connectivity index (χ1v) is 8.28. The lowest BCUT2D eigenvalue weighted by atomic mass is 10.2. The van der Waals surface area contributed by atoms with Crippen LogP contribution in [-0.4, -0.2) is 18.1 Å². The fourth-order valence-electron chi connectivity index (χ4n) is 2.04. The van der Waals surface area contributed by atoms with Crippen LogP contribution >= 0.6 is 23.4 Å². The molecule has 0 bridgehead atoms. The van der Waals surface area contributed by atoms with Gasteiger partial charge in [-0.3, -0.25) is 0 Å². The van der Waals surface area contributed by atoms with Gasteiger partial charge in [-0.1, -0.05) is 25.4 Å². The summed E-state index contributed by atoms with van der Waals surface area (Å²) in [5.74, 6) is 3.23. The van der Waals surface area contributed by atoms with Gasteiger partial charge in [0, 0.05) is 16.2 Å². The Labute approximate surface area is 123 Å². The summed E-state index contributed by atoms with van der Waals surface area (Å²) in [7, 11) is 0. The molecule has 4 heteroatoms. The third-order valence-corrected chi connectivity index (χ3v) is 4.43. The van der Waals surface area contributed by atoms with Gasteiger partial charge in [-0.25, -0.2) is 0 Å². The molecule has 1 atom stereocenters. The molecule has 1 aromatic heterocycles. The Morgan fingerprint density at radius 3 is 2.89 bits per heavy atom. The second-order valence-corrected chi connectivity index (χ2v) is 6.10. The van der Waals surface area contributed by atoms with Gasteiger partial charge in [0.05, 0.1) is 6.04 Å². The molecule has 0 aliphatic heterocycles. The number of rotatable bonds is 7. The maximum Gasteiger partial charge on any atom is 0.134 e. The molecule has 0 saturated heterocycles. The topological polar surface area (TPSA) is 25.2 Å². The molecular weight excluding hydrogens is 278 g/mol. The first-order valence-electron chi connectivity index (χ1n) is 6.74. The highest BCUT2D eigenvalue weighted by Gasteiger charge is 2.15. The lowest BCUT2D eigenvalue weighted by Crippen LogP contribution is -2.22. The van der Waals surface area contributed by atoms with Crippen LogP contribution in [0.4, 0.5) is 0 Å². The van der Waals surface area contributed by atoms with Crippen molar-refractivity contribution in [2.24, 2.45) is 0 Å².